The topological polar surface area (TPSA) is 59.1 Å². The van der Waals surface area contributed by atoms with Gasteiger partial charge in [-0.3, -0.25) is 0 Å². The summed E-state index contributed by atoms with van der Waals surface area (Å²) in [6.07, 6.45) is -3.60. The number of nitrogens with one attached hydrogen (secondary N) is 1. The lowest BCUT2D eigenvalue weighted by molar-refractivity contribution is -0.141. The molecule has 1 N–H and O–H groups in total. The molecule has 9 heteroatoms. The van der Waals surface area contributed by atoms with E-state index in [0.29, 0.717) is 0 Å². The molecule has 1 heterocycles. The Morgan fingerprint density at radius 2 is 2.00 bits per heavy atom. The zero-order chi connectivity index (χ0) is 14.1. The number of hydrogen-bond donors (Lipinski definition) is 1. The van der Waals surface area contributed by atoms with Gasteiger partial charge in [0.15, 0.2) is 15.5 Å². The number of rotatable bonds is 4. The van der Waals surface area contributed by atoms with Crippen LogP contribution in [0.1, 0.15) is 27.8 Å². The van der Waals surface area contributed by atoms with Gasteiger partial charge >= 0.3 is 6.18 Å². The summed E-state index contributed by atoms with van der Waals surface area (Å²) in [5.41, 5.74) is -1.01. The van der Waals surface area contributed by atoms with Crippen molar-refractivity contribution in [1.82, 2.24) is 10.3 Å². The Morgan fingerprint density at radius 3 is 2.39 bits per heavy atom. The minimum atomic E-state index is -4.57. The molecule has 0 bridgehead atoms. The van der Waals surface area contributed by atoms with Gasteiger partial charge in [-0.25, -0.2) is 13.4 Å². The van der Waals surface area contributed by atoms with Crippen molar-refractivity contribution in [2.75, 3.05) is 13.3 Å². The molecule has 0 amide bonds. The molecule has 0 aliphatic carbocycles. The molecule has 18 heavy (non-hydrogen) atoms. The van der Waals surface area contributed by atoms with Crippen molar-refractivity contribution in [2.45, 2.75) is 24.9 Å². The Kier molecular flexibility index (Phi) is 4.39. The van der Waals surface area contributed by atoms with Crippen LogP contribution in [0.25, 0.3) is 0 Å². The fraction of sp³-hybridized carbons (Fsp3) is 0.667. The third-order valence-corrected chi connectivity index (χ3v) is 5.20. The number of alkyl halides is 3. The van der Waals surface area contributed by atoms with Gasteiger partial charge in [0.05, 0.1) is 4.88 Å². The van der Waals surface area contributed by atoms with E-state index in [0.717, 1.165) is 17.6 Å². The molecule has 1 aromatic heterocycles. The summed E-state index contributed by atoms with van der Waals surface area (Å²) in [6, 6.07) is 0. The molecule has 1 atom stereocenters. The summed E-state index contributed by atoms with van der Waals surface area (Å²) in [4.78, 5) is 3.44. The van der Waals surface area contributed by atoms with Gasteiger partial charge in [-0.2, -0.15) is 13.2 Å². The summed E-state index contributed by atoms with van der Waals surface area (Å²) in [6.45, 7) is 1.33. The summed E-state index contributed by atoms with van der Waals surface area (Å²) < 4.78 is 60.8. The lowest BCUT2D eigenvalue weighted by Crippen LogP contribution is -2.13. The molecule has 0 aromatic carbocycles. The van der Waals surface area contributed by atoms with Gasteiger partial charge in [-0.15, -0.1) is 11.3 Å². The van der Waals surface area contributed by atoms with E-state index in [1.165, 1.54) is 14.0 Å². The normalized spacial score (nSPS) is 14.8. The summed E-state index contributed by atoms with van der Waals surface area (Å²) in [7, 11) is -1.95. The average molecular weight is 302 g/mol. The second kappa shape index (κ2) is 5.14. The molecule has 0 radical (unpaired) electrons. The first-order valence-electron chi connectivity index (χ1n) is 4.97. The Morgan fingerprint density at radius 1 is 1.44 bits per heavy atom. The quantitative estimate of drug-likeness (QED) is 0.924. The number of hydrogen-bond acceptors (Lipinski definition) is 5. The van der Waals surface area contributed by atoms with E-state index in [-0.39, 0.29) is 16.4 Å². The maximum Gasteiger partial charge on any atom is 0.434 e. The number of halogens is 3. The molecule has 1 rings (SSSR count). The van der Waals surface area contributed by atoms with Crippen LogP contribution in [0.3, 0.4) is 0 Å². The SMILES string of the molecule is CNCc1sc(C(C)S(C)(=O)=O)nc1C(F)(F)F. The lowest BCUT2D eigenvalue weighted by Gasteiger charge is -2.05. The number of aromatic nitrogens is 1. The number of thiazole rings is 1. The maximum atomic E-state index is 12.7. The molecule has 0 saturated heterocycles. The van der Waals surface area contributed by atoms with E-state index < -0.39 is 27.0 Å². The van der Waals surface area contributed by atoms with Crippen LogP contribution in [0.2, 0.25) is 0 Å². The van der Waals surface area contributed by atoms with Crippen LogP contribution in [0.4, 0.5) is 13.2 Å². The van der Waals surface area contributed by atoms with E-state index in [1.807, 2.05) is 0 Å². The van der Waals surface area contributed by atoms with Gasteiger partial charge in [0, 0.05) is 12.8 Å². The minimum absolute atomic E-state index is 0.00297. The summed E-state index contributed by atoms with van der Waals surface area (Å²) in [5.74, 6) is 0. The van der Waals surface area contributed by atoms with Crippen LogP contribution < -0.4 is 5.32 Å². The Labute approximate surface area is 107 Å². The highest BCUT2D eigenvalue weighted by Crippen LogP contribution is 2.37. The van der Waals surface area contributed by atoms with Gasteiger partial charge < -0.3 is 5.32 Å². The first-order chi connectivity index (χ1) is 8.07. The Bertz CT molecular complexity index is 522. The highest BCUT2D eigenvalue weighted by Gasteiger charge is 2.38. The fourth-order valence-corrected chi connectivity index (χ4v) is 3.35. The summed E-state index contributed by atoms with van der Waals surface area (Å²) >= 11 is 0.773. The van der Waals surface area contributed by atoms with Crippen LogP contribution in [-0.2, 0) is 22.6 Å². The molecular weight excluding hydrogens is 289 g/mol. The zero-order valence-corrected chi connectivity index (χ0v) is 11.6. The van der Waals surface area contributed by atoms with E-state index in [1.54, 1.807) is 0 Å². The predicted octanol–water partition coefficient (Wildman–Crippen LogP) is 1.99. The van der Waals surface area contributed by atoms with Crippen LogP contribution in [-0.4, -0.2) is 26.7 Å². The third-order valence-electron chi connectivity index (χ3n) is 2.31. The predicted molar refractivity (Wildman–Crippen MR) is 63.1 cm³/mol. The first-order valence-corrected chi connectivity index (χ1v) is 7.74. The van der Waals surface area contributed by atoms with E-state index >= 15 is 0 Å². The average Bonchev–Trinajstić information content (AvgIpc) is 2.59. The fourth-order valence-electron chi connectivity index (χ4n) is 1.23. The van der Waals surface area contributed by atoms with Crippen molar-refractivity contribution in [3.63, 3.8) is 0 Å². The van der Waals surface area contributed by atoms with Gasteiger partial charge in [-0.1, -0.05) is 0 Å². The molecule has 1 aromatic rings. The minimum Gasteiger partial charge on any atom is -0.315 e. The van der Waals surface area contributed by atoms with Crippen molar-refractivity contribution in [3.05, 3.63) is 15.6 Å². The third kappa shape index (κ3) is 3.42. The van der Waals surface area contributed by atoms with Crippen molar-refractivity contribution >= 4 is 21.2 Å². The second-order valence-electron chi connectivity index (χ2n) is 3.82. The highest BCUT2D eigenvalue weighted by atomic mass is 32.2. The zero-order valence-electron chi connectivity index (χ0n) is 10.00. The van der Waals surface area contributed by atoms with Crippen molar-refractivity contribution in [1.29, 1.82) is 0 Å². The van der Waals surface area contributed by atoms with Gasteiger partial charge in [-0.05, 0) is 14.0 Å². The highest BCUT2D eigenvalue weighted by molar-refractivity contribution is 7.91. The largest absolute Gasteiger partial charge is 0.434 e. The smallest absolute Gasteiger partial charge is 0.315 e. The van der Waals surface area contributed by atoms with Gasteiger partial charge in [0.25, 0.3) is 0 Å². The van der Waals surface area contributed by atoms with Crippen molar-refractivity contribution in [2.24, 2.45) is 0 Å². The molecule has 104 valence electrons. The summed E-state index contributed by atoms with van der Waals surface area (Å²) in [5, 5.41) is 1.54. The Hall–Kier alpha value is -0.670. The maximum absolute atomic E-state index is 12.7. The first kappa shape index (κ1) is 15.4. The van der Waals surface area contributed by atoms with E-state index in [4.69, 9.17) is 0 Å². The molecule has 0 saturated carbocycles. The standard InChI is InChI=1S/C9H13F3N2O2S2/c1-5(18(3,15)16)8-14-7(9(10,11)12)6(17-8)4-13-2/h5,13H,4H2,1-3H3. The lowest BCUT2D eigenvalue weighted by atomic mass is 10.3. The number of sulfone groups is 1. The van der Waals surface area contributed by atoms with Crippen LogP contribution in [0, 0.1) is 0 Å². The van der Waals surface area contributed by atoms with Crippen LogP contribution >= 0.6 is 11.3 Å². The van der Waals surface area contributed by atoms with Crippen LogP contribution in [0.15, 0.2) is 0 Å². The molecule has 0 fully saturated rings. The number of nitrogens with zero attached hydrogens (tertiary/aromatic N) is 1. The van der Waals surface area contributed by atoms with Crippen molar-refractivity contribution in [3.8, 4) is 0 Å². The van der Waals surface area contributed by atoms with Gasteiger partial charge in [0.1, 0.15) is 10.3 Å². The molecule has 0 spiro atoms. The molecule has 0 aliphatic rings. The second-order valence-corrected chi connectivity index (χ2v) is 7.31. The van der Waals surface area contributed by atoms with Gasteiger partial charge in [0.2, 0.25) is 0 Å². The molecule has 1 unspecified atom stereocenters. The van der Waals surface area contributed by atoms with Crippen LogP contribution in [0.5, 0.6) is 0 Å². The monoisotopic (exact) mass is 302 g/mol. The van der Waals surface area contributed by atoms with E-state index in [2.05, 4.69) is 10.3 Å². The van der Waals surface area contributed by atoms with E-state index in [9.17, 15) is 21.6 Å². The Balaban J connectivity index is 3.26. The molecule has 4 nitrogen and oxygen atoms in total. The molecular formula is C9H13F3N2O2S2. The molecule has 0 aliphatic heterocycles. The van der Waals surface area contributed by atoms with Crippen molar-refractivity contribution < 1.29 is 21.6 Å².